The van der Waals surface area contributed by atoms with Crippen LogP contribution in [0.4, 0.5) is 0 Å². The minimum Gasteiger partial charge on any atom is -0.341 e. The molecule has 2 aliphatic heterocycles. The Labute approximate surface area is 184 Å². The van der Waals surface area contributed by atoms with Crippen molar-refractivity contribution in [3.05, 3.63) is 58.6 Å². The fourth-order valence-electron chi connectivity index (χ4n) is 4.59. The summed E-state index contributed by atoms with van der Waals surface area (Å²) < 4.78 is 0. The molecule has 5 heteroatoms. The Bertz CT molecular complexity index is 959. The SMILES string of the molecule is Cc1ccc(-c2cccc(CN3CCCC3C(=O)N3CCC(C#N)CC3)c2)cc1Cl. The Morgan fingerprint density at radius 3 is 2.60 bits per heavy atom. The molecule has 0 N–H and O–H groups in total. The third kappa shape index (κ3) is 4.53. The highest BCUT2D eigenvalue weighted by Gasteiger charge is 2.35. The summed E-state index contributed by atoms with van der Waals surface area (Å²) in [5.41, 5.74) is 4.55. The van der Waals surface area contributed by atoms with E-state index in [0.29, 0.717) is 13.1 Å². The van der Waals surface area contributed by atoms with Crippen LogP contribution in [0.3, 0.4) is 0 Å². The number of benzene rings is 2. The molecule has 1 unspecified atom stereocenters. The molecule has 0 radical (unpaired) electrons. The molecule has 2 heterocycles. The summed E-state index contributed by atoms with van der Waals surface area (Å²) in [6.07, 6.45) is 3.58. The van der Waals surface area contributed by atoms with Crippen LogP contribution in [0, 0.1) is 24.2 Å². The van der Waals surface area contributed by atoms with Crippen molar-refractivity contribution in [2.75, 3.05) is 19.6 Å². The summed E-state index contributed by atoms with van der Waals surface area (Å²) in [4.78, 5) is 17.4. The third-order valence-corrected chi connectivity index (χ3v) is 6.86. The molecular weight excluding hydrogens is 394 g/mol. The first-order valence-corrected chi connectivity index (χ1v) is 11.2. The van der Waals surface area contributed by atoms with Gasteiger partial charge in [0.15, 0.2) is 0 Å². The Hall–Kier alpha value is -2.35. The van der Waals surface area contributed by atoms with E-state index in [1.54, 1.807) is 0 Å². The normalized spacial score (nSPS) is 20.3. The van der Waals surface area contributed by atoms with Gasteiger partial charge in [0.1, 0.15) is 0 Å². The number of aryl methyl sites for hydroxylation is 1. The number of likely N-dealkylation sites (tertiary alicyclic amines) is 2. The third-order valence-electron chi connectivity index (χ3n) is 6.46. The summed E-state index contributed by atoms with van der Waals surface area (Å²) in [6.45, 7) is 5.16. The van der Waals surface area contributed by atoms with Crippen molar-refractivity contribution < 1.29 is 4.79 Å². The number of nitriles is 1. The van der Waals surface area contributed by atoms with Crippen LogP contribution in [0.25, 0.3) is 11.1 Å². The van der Waals surface area contributed by atoms with Gasteiger partial charge in [0, 0.05) is 30.6 Å². The molecule has 0 saturated carbocycles. The summed E-state index contributed by atoms with van der Waals surface area (Å²) in [6, 6.07) is 17.0. The Morgan fingerprint density at radius 1 is 1.10 bits per heavy atom. The zero-order valence-electron chi connectivity index (χ0n) is 17.5. The molecule has 0 spiro atoms. The molecular formula is C25H28ClN3O. The summed E-state index contributed by atoms with van der Waals surface area (Å²) >= 11 is 6.32. The highest BCUT2D eigenvalue weighted by Crippen LogP contribution is 2.28. The second-order valence-corrected chi connectivity index (χ2v) is 8.93. The molecule has 2 aromatic carbocycles. The van der Waals surface area contributed by atoms with Crippen molar-refractivity contribution >= 4 is 17.5 Å². The maximum atomic E-state index is 13.1. The predicted molar refractivity (Wildman–Crippen MR) is 120 cm³/mol. The number of halogens is 1. The number of carbonyl (C=O) groups is 1. The zero-order chi connectivity index (χ0) is 21.1. The number of hydrogen-bond acceptors (Lipinski definition) is 3. The van der Waals surface area contributed by atoms with Crippen molar-refractivity contribution in [1.29, 1.82) is 5.26 Å². The average molecular weight is 422 g/mol. The van der Waals surface area contributed by atoms with E-state index in [9.17, 15) is 4.79 Å². The van der Waals surface area contributed by atoms with E-state index in [1.807, 2.05) is 17.9 Å². The lowest BCUT2D eigenvalue weighted by Gasteiger charge is -2.34. The van der Waals surface area contributed by atoms with Gasteiger partial charge in [0.05, 0.1) is 12.1 Å². The van der Waals surface area contributed by atoms with E-state index in [4.69, 9.17) is 16.9 Å². The minimum absolute atomic E-state index is 0.0406. The second kappa shape index (κ2) is 9.20. The van der Waals surface area contributed by atoms with Crippen molar-refractivity contribution in [3.63, 3.8) is 0 Å². The lowest BCUT2D eigenvalue weighted by atomic mass is 9.98. The molecule has 30 heavy (non-hydrogen) atoms. The van der Waals surface area contributed by atoms with E-state index >= 15 is 0 Å². The van der Waals surface area contributed by atoms with Crippen LogP contribution in [-0.4, -0.2) is 41.4 Å². The van der Waals surface area contributed by atoms with Gasteiger partial charge in [0.25, 0.3) is 0 Å². The minimum atomic E-state index is -0.0406. The number of nitrogens with zero attached hydrogens (tertiary/aromatic N) is 3. The summed E-state index contributed by atoms with van der Waals surface area (Å²) in [5, 5.41) is 9.88. The van der Waals surface area contributed by atoms with Crippen LogP contribution in [0.15, 0.2) is 42.5 Å². The molecule has 156 valence electrons. The number of rotatable bonds is 4. The van der Waals surface area contributed by atoms with Crippen LogP contribution in [0.2, 0.25) is 5.02 Å². The topological polar surface area (TPSA) is 47.3 Å². The number of amides is 1. The Kier molecular flexibility index (Phi) is 6.41. The molecule has 1 atom stereocenters. The Morgan fingerprint density at radius 2 is 1.87 bits per heavy atom. The quantitative estimate of drug-likeness (QED) is 0.694. The average Bonchev–Trinajstić information content (AvgIpc) is 3.23. The van der Waals surface area contributed by atoms with Crippen LogP contribution in [0.1, 0.15) is 36.8 Å². The van der Waals surface area contributed by atoms with Gasteiger partial charge in [-0.05, 0) is 73.5 Å². The van der Waals surface area contributed by atoms with E-state index in [-0.39, 0.29) is 17.9 Å². The van der Waals surface area contributed by atoms with Gasteiger partial charge in [-0.1, -0.05) is 41.9 Å². The van der Waals surface area contributed by atoms with Gasteiger partial charge in [0.2, 0.25) is 5.91 Å². The van der Waals surface area contributed by atoms with E-state index < -0.39 is 0 Å². The largest absolute Gasteiger partial charge is 0.341 e. The molecule has 2 fully saturated rings. The lowest BCUT2D eigenvalue weighted by molar-refractivity contribution is -0.137. The van der Waals surface area contributed by atoms with E-state index in [0.717, 1.165) is 60.5 Å². The van der Waals surface area contributed by atoms with Gasteiger partial charge in [-0.25, -0.2) is 0 Å². The molecule has 4 nitrogen and oxygen atoms in total. The molecule has 4 rings (SSSR count). The van der Waals surface area contributed by atoms with Crippen LogP contribution < -0.4 is 0 Å². The number of hydrogen-bond donors (Lipinski definition) is 0. The van der Waals surface area contributed by atoms with Gasteiger partial charge in [-0.15, -0.1) is 0 Å². The standard InChI is InChI=1S/C25H28ClN3O/c1-18-7-8-22(15-23(18)26)21-5-2-4-20(14-21)17-29-11-3-6-24(29)25(30)28-12-9-19(16-27)10-13-28/h2,4-5,7-8,14-15,19,24H,3,6,9-13,17H2,1H3. The fraction of sp³-hybridized carbons (Fsp3) is 0.440. The number of piperidine rings is 1. The lowest BCUT2D eigenvalue weighted by Crippen LogP contribution is -2.48. The van der Waals surface area contributed by atoms with Crippen molar-refractivity contribution in [2.24, 2.45) is 5.92 Å². The summed E-state index contributed by atoms with van der Waals surface area (Å²) in [7, 11) is 0. The molecule has 0 aliphatic carbocycles. The van der Waals surface area contributed by atoms with Crippen molar-refractivity contribution in [1.82, 2.24) is 9.80 Å². The zero-order valence-corrected chi connectivity index (χ0v) is 18.2. The molecule has 0 aromatic heterocycles. The van der Waals surface area contributed by atoms with E-state index in [1.165, 1.54) is 5.56 Å². The molecule has 2 aliphatic rings. The first-order chi connectivity index (χ1) is 14.5. The molecule has 2 aromatic rings. The highest BCUT2D eigenvalue weighted by molar-refractivity contribution is 6.31. The van der Waals surface area contributed by atoms with Crippen molar-refractivity contribution in [3.8, 4) is 17.2 Å². The van der Waals surface area contributed by atoms with Gasteiger partial charge >= 0.3 is 0 Å². The van der Waals surface area contributed by atoms with Gasteiger partial charge < -0.3 is 4.90 Å². The first-order valence-electron chi connectivity index (χ1n) is 10.8. The van der Waals surface area contributed by atoms with Crippen LogP contribution in [0.5, 0.6) is 0 Å². The van der Waals surface area contributed by atoms with E-state index in [2.05, 4.69) is 47.4 Å². The maximum absolute atomic E-state index is 13.1. The predicted octanol–water partition coefficient (Wildman–Crippen LogP) is 5.04. The maximum Gasteiger partial charge on any atom is 0.239 e. The molecule has 2 saturated heterocycles. The number of carbonyl (C=O) groups excluding carboxylic acids is 1. The van der Waals surface area contributed by atoms with Gasteiger partial charge in [-0.2, -0.15) is 5.26 Å². The monoisotopic (exact) mass is 421 g/mol. The highest BCUT2D eigenvalue weighted by atomic mass is 35.5. The molecule has 0 bridgehead atoms. The summed E-state index contributed by atoms with van der Waals surface area (Å²) in [5.74, 6) is 0.345. The Balaban J connectivity index is 1.45. The fourth-order valence-corrected chi connectivity index (χ4v) is 4.77. The second-order valence-electron chi connectivity index (χ2n) is 8.52. The van der Waals surface area contributed by atoms with Gasteiger partial charge in [-0.3, -0.25) is 9.69 Å². The molecule has 1 amide bonds. The van der Waals surface area contributed by atoms with Crippen molar-refractivity contribution in [2.45, 2.75) is 45.2 Å². The first kappa shape index (κ1) is 20.9. The smallest absolute Gasteiger partial charge is 0.239 e. The van der Waals surface area contributed by atoms with Crippen LogP contribution >= 0.6 is 11.6 Å². The van der Waals surface area contributed by atoms with Crippen LogP contribution in [-0.2, 0) is 11.3 Å².